The summed E-state index contributed by atoms with van der Waals surface area (Å²) in [4.78, 5) is 8.81. The highest BCUT2D eigenvalue weighted by atomic mass is 32.2. The lowest BCUT2D eigenvalue weighted by Gasteiger charge is -2.14. The Morgan fingerprint density at radius 3 is 2.94 bits per heavy atom. The molecule has 0 aliphatic heterocycles. The Morgan fingerprint density at radius 2 is 2.28 bits per heavy atom. The van der Waals surface area contributed by atoms with E-state index in [0.717, 1.165) is 10.9 Å². The van der Waals surface area contributed by atoms with Gasteiger partial charge in [-0.25, -0.2) is 4.98 Å². The zero-order valence-electron chi connectivity index (χ0n) is 11.3. The normalized spacial score (nSPS) is 23.1. The van der Waals surface area contributed by atoms with E-state index < -0.39 is 0 Å². The molecule has 1 heterocycles. The maximum Gasteiger partial charge on any atom is 0.226 e. The number of aryl methyl sites for hydroxylation is 1. The lowest BCUT2D eigenvalue weighted by molar-refractivity contribution is 0.326. The number of nitrogens with one attached hydrogen (secondary N) is 1. The summed E-state index contributed by atoms with van der Waals surface area (Å²) < 4.78 is 5.44. The maximum atomic E-state index is 5.44. The van der Waals surface area contributed by atoms with Gasteiger partial charge in [0, 0.05) is 23.1 Å². The Kier molecular flexibility index (Phi) is 4.69. The second-order valence-corrected chi connectivity index (χ2v) is 5.75. The van der Waals surface area contributed by atoms with Crippen LogP contribution in [0.15, 0.2) is 6.07 Å². The van der Waals surface area contributed by atoms with E-state index >= 15 is 0 Å². The monoisotopic (exact) mass is 267 g/mol. The SMILES string of the molecule is CCOc1cc(C)nc(NC2CCC(SC)C2)n1. The van der Waals surface area contributed by atoms with Crippen LogP contribution >= 0.6 is 11.8 Å². The van der Waals surface area contributed by atoms with Crippen molar-refractivity contribution in [1.82, 2.24) is 9.97 Å². The zero-order valence-corrected chi connectivity index (χ0v) is 12.1. The van der Waals surface area contributed by atoms with Crippen LogP contribution in [-0.4, -0.2) is 34.1 Å². The van der Waals surface area contributed by atoms with E-state index in [1.807, 2.05) is 31.7 Å². The van der Waals surface area contributed by atoms with Crippen molar-refractivity contribution in [3.05, 3.63) is 11.8 Å². The van der Waals surface area contributed by atoms with Gasteiger partial charge in [-0.3, -0.25) is 0 Å². The fourth-order valence-electron chi connectivity index (χ4n) is 2.29. The van der Waals surface area contributed by atoms with Crippen molar-refractivity contribution in [1.29, 1.82) is 0 Å². The Morgan fingerprint density at radius 1 is 1.44 bits per heavy atom. The minimum absolute atomic E-state index is 0.499. The quantitative estimate of drug-likeness (QED) is 0.889. The van der Waals surface area contributed by atoms with Crippen LogP contribution in [0.25, 0.3) is 0 Å². The third kappa shape index (κ3) is 3.51. The molecule has 1 aromatic heterocycles. The molecule has 1 aromatic rings. The molecule has 2 unspecified atom stereocenters. The number of ether oxygens (including phenoxy) is 1. The van der Waals surface area contributed by atoms with E-state index in [-0.39, 0.29) is 0 Å². The first-order valence-electron chi connectivity index (χ1n) is 6.49. The first-order valence-corrected chi connectivity index (χ1v) is 7.78. The molecule has 0 bridgehead atoms. The molecule has 4 nitrogen and oxygen atoms in total. The molecule has 100 valence electrons. The summed E-state index contributed by atoms with van der Waals surface area (Å²) in [6.07, 6.45) is 5.86. The smallest absolute Gasteiger partial charge is 0.226 e. The Balaban J connectivity index is 2.00. The molecule has 0 radical (unpaired) electrons. The lowest BCUT2D eigenvalue weighted by Crippen LogP contribution is -2.18. The number of hydrogen-bond donors (Lipinski definition) is 1. The molecule has 0 amide bonds. The van der Waals surface area contributed by atoms with Crippen LogP contribution < -0.4 is 10.1 Å². The fraction of sp³-hybridized carbons (Fsp3) is 0.692. The summed E-state index contributed by atoms with van der Waals surface area (Å²) in [7, 11) is 0. The number of nitrogens with zero attached hydrogens (tertiary/aromatic N) is 2. The van der Waals surface area contributed by atoms with E-state index in [0.29, 0.717) is 24.5 Å². The number of aromatic nitrogens is 2. The molecule has 1 fully saturated rings. The average molecular weight is 267 g/mol. The third-order valence-electron chi connectivity index (χ3n) is 3.17. The van der Waals surface area contributed by atoms with Gasteiger partial charge in [-0.1, -0.05) is 0 Å². The highest BCUT2D eigenvalue weighted by molar-refractivity contribution is 7.99. The van der Waals surface area contributed by atoms with Crippen LogP contribution in [0, 0.1) is 6.92 Å². The lowest BCUT2D eigenvalue weighted by atomic mass is 10.2. The van der Waals surface area contributed by atoms with Crippen LogP contribution in [0.1, 0.15) is 31.9 Å². The summed E-state index contributed by atoms with van der Waals surface area (Å²) in [5.74, 6) is 1.36. The second kappa shape index (κ2) is 6.27. The Labute approximate surface area is 113 Å². The van der Waals surface area contributed by atoms with Crippen molar-refractivity contribution < 1.29 is 4.74 Å². The van der Waals surface area contributed by atoms with Crippen molar-refractivity contribution in [3.8, 4) is 5.88 Å². The molecule has 0 saturated heterocycles. The van der Waals surface area contributed by atoms with E-state index in [4.69, 9.17) is 4.74 Å². The van der Waals surface area contributed by atoms with Crippen molar-refractivity contribution in [2.75, 3.05) is 18.2 Å². The number of thioether (sulfide) groups is 1. The van der Waals surface area contributed by atoms with Gasteiger partial charge in [-0.15, -0.1) is 0 Å². The standard InChI is InChI=1S/C13H21N3OS/c1-4-17-12-7-9(2)14-13(16-12)15-10-5-6-11(8-10)18-3/h7,10-11H,4-6,8H2,1-3H3,(H,14,15,16). The maximum absolute atomic E-state index is 5.44. The van der Waals surface area contributed by atoms with Gasteiger partial charge in [-0.2, -0.15) is 16.7 Å². The molecule has 1 saturated carbocycles. The van der Waals surface area contributed by atoms with Gasteiger partial charge in [0.15, 0.2) is 0 Å². The van der Waals surface area contributed by atoms with Crippen molar-refractivity contribution in [3.63, 3.8) is 0 Å². The predicted molar refractivity (Wildman–Crippen MR) is 76.5 cm³/mol. The summed E-state index contributed by atoms with van der Waals surface area (Å²) in [6.45, 7) is 4.56. The molecule has 2 rings (SSSR count). The van der Waals surface area contributed by atoms with Gasteiger partial charge in [0.05, 0.1) is 6.61 Å². The number of anilines is 1. The highest BCUT2D eigenvalue weighted by Gasteiger charge is 2.24. The highest BCUT2D eigenvalue weighted by Crippen LogP contribution is 2.29. The molecular formula is C13H21N3OS. The number of rotatable bonds is 5. The summed E-state index contributed by atoms with van der Waals surface area (Å²) in [5, 5.41) is 4.21. The van der Waals surface area contributed by atoms with Crippen LogP contribution in [0.3, 0.4) is 0 Å². The van der Waals surface area contributed by atoms with Crippen LogP contribution in [-0.2, 0) is 0 Å². The van der Waals surface area contributed by atoms with Crippen LogP contribution in [0.5, 0.6) is 5.88 Å². The molecule has 2 atom stereocenters. The van der Waals surface area contributed by atoms with Crippen molar-refractivity contribution in [2.24, 2.45) is 0 Å². The van der Waals surface area contributed by atoms with Crippen LogP contribution in [0.4, 0.5) is 5.95 Å². The van der Waals surface area contributed by atoms with Gasteiger partial charge in [-0.05, 0) is 39.4 Å². The van der Waals surface area contributed by atoms with Crippen molar-refractivity contribution >= 4 is 17.7 Å². The molecule has 1 N–H and O–H groups in total. The molecule has 0 spiro atoms. The largest absolute Gasteiger partial charge is 0.478 e. The molecular weight excluding hydrogens is 246 g/mol. The van der Waals surface area contributed by atoms with E-state index in [9.17, 15) is 0 Å². The Hall–Kier alpha value is -0.970. The third-order valence-corrected chi connectivity index (χ3v) is 4.27. The zero-order chi connectivity index (χ0) is 13.0. The summed E-state index contributed by atoms with van der Waals surface area (Å²) in [5.41, 5.74) is 0.940. The minimum atomic E-state index is 0.499. The van der Waals surface area contributed by atoms with E-state index in [1.165, 1.54) is 19.3 Å². The van der Waals surface area contributed by atoms with Gasteiger partial charge >= 0.3 is 0 Å². The number of hydrogen-bond acceptors (Lipinski definition) is 5. The fourth-order valence-corrected chi connectivity index (χ4v) is 3.09. The van der Waals surface area contributed by atoms with Crippen LogP contribution in [0.2, 0.25) is 0 Å². The molecule has 18 heavy (non-hydrogen) atoms. The average Bonchev–Trinajstić information content (AvgIpc) is 2.76. The second-order valence-electron chi connectivity index (χ2n) is 4.62. The first-order chi connectivity index (χ1) is 8.71. The molecule has 1 aliphatic carbocycles. The summed E-state index contributed by atoms with van der Waals surface area (Å²) >= 11 is 1.96. The van der Waals surface area contributed by atoms with Gasteiger partial charge in [0.25, 0.3) is 0 Å². The first kappa shape index (κ1) is 13.5. The topological polar surface area (TPSA) is 47.0 Å². The van der Waals surface area contributed by atoms with E-state index in [2.05, 4.69) is 21.5 Å². The molecule has 1 aliphatic rings. The summed E-state index contributed by atoms with van der Waals surface area (Å²) in [6, 6.07) is 2.37. The molecule has 0 aromatic carbocycles. The minimum Gasteiger partial charge on any atom is -0.478 e. The van der Waals surface area contributed by atoms with Crippen molar-refractivity contribution in [2.45, 2.75) is 44.4 Å². The molecule has 5 heteroatoms. The predicted octanol–water partition coefficient (Wildman–Crippen LogP) is 2.88. The van der Waals surface area contributed by atoms with E-state index in [1.54, 1.807) is 0 Å². The van der Waals surface area contributed by atoms with Gasteiger partial charge in [0.1, 0.15) is 0 Å². The van der Waals surface area contributed by atoms with Gasteiger partial charge < -0.3 is 10.1 Å². The van der Waals surface area contributed by atoms with Gasteiger partial charge in [0.2, 0.25) is 11.8 Å². The Bertz CT molecular complexity index is 400.